The van der Waals surface area contributed by atoms with Crippen molar-refractivity contribution >= 4 is 0 Å². The van der Waals surface area contributed by atoms with Gasteiger partial charge in [0, 0.05) is 0 Å². The predicted molar refractivity (Wildman–Crippen MR) is 146 cm³/mol. The Morgan fingerprint density at radius 3 is 2.14 bits per heavy atom. The normalized spacial score (nSPS) is 49.5. The molecule has 5 aliphatic carbocycles. The minimum atomic E-state index is -0.391. The van der Waals surface area contributed by atoms with Crippen molar-refractivity contribution in [3.8, 4) is 0 Å². The molecule has 0 saturated heterocycles. The van der Waals surface area contributed by atoms with Gasteiger partial charge in [0.25, 0.3) is 0 Å². The van der Waals surface area contributed by atoms with Crippen molar-refractivity contribution in [2.45, 2.75) is 150 Å². The maximum absolute atomic E-state index is 11.4. The lowest BCUT2D eigenvalue weighted by Gasteiger charge is -2.62. The average molecular weight is 487 g/mol. The van der Waals surface area contributed by atoms with Crippen molar-refractivity contribution in [2.75, 3.05) is 0 Å². The smallest absolute Gasteiger partial charge is 0.0648 e. The van der Waals surface area contributed by atoms with E-state index in [-0.39, 0.29) is 6.10 Å². The zero-order chi connectivity index (χ0) is 25.2. The largest absolute Gasteiger partial charge is 0.393 e. The van der Waals surface area contributed by atoms with Crippen LogP contribution in [0.1, 0.15) is 138 Å². The highest BCUT2D eigenvalue weighted by molar-refractivity contribution is 5.11. The summed E-state index contributed by atoms with van der Waals surface area (Å²) in [6, 6.07) is 0. The van der Waals surface area contributed by atoms with Gasteiger partial charge in [-0.1, -0.05) is 41.5 Å². The lowest BCUT2D eigenvalue weighted by molar-refractivity contribution is -0.154. The molecule has 5 fully saturated rings. The molecule has 5 aliphatic rings. The number of hydrogen-bond donors (Lipinski definition) is 2. The second-order valence-corrected chi connectivity index (χ2v) is 15.9. The topological polar surface area (TPSA) is 40.5 Å². The van der Waals surface area contributed by atoms with Gasteiger partial charge in [-0.05, 0) is 154 Å². The van der Waals surface area contributed by atoms with Crippen molar-refractivity contribution in [2.24, 2.45) is 57.7 Å². The standard InChI is InChI=1S/C33H58O2/c1-7-33(35)19-18-31(5)24(21-33)8-9-25-27-11-10-26(32(27,6)17-14-28(25)31)22(2)29(34)20-23-12-15-30(3,4)16-13-23/h22-29,34-35H,7-21H2,1-6H3/t22-,24-,25-,26+,27-,28-,29+,31-,32?,33-/m0/s1. The molecule has 5 saturated carbocycles. The Balaban J connectivity index is 1.25. The van der Waals surface area contributed by atoms with Gasteiger partial charge in [0.15, 0.2) is 0 Å². The Kier molecular flexibility index (Phi) is 7.04. The summed E-state index contributed by atoms with van der Waals surface area (Å²) in [5.41, 5.74) is 1.00. The Morgan fingerprint density at radius 2 is 1.46 bits per heavy atom. The van der Waals surface area contributed by atoms with Crippen LogP contribution in [0.3, 0.4) is 0 Å². The Bertz CT molecular complexity index is 750. The number of aliphatic hydroxyl groups is 2. The first-order chi connectivity index (χ1) is 16.4. The van der Waals surface area contributed by atoms with Gasteiger partial charge >= 0.3 is 0 Å². The van der Waals surface area contributed by atoms with Crippen molar-refractivity contribution in [1.29, 1.82) is 0 Å². The molecule has 2 nitrogen and oxygen atoms in total. The molecule has 0 bridgehead atoms. The molecule has 0 amide bonds. The predicted octanol–water partition coefficient (Wildman–Crippen LogP) is 8.39. The molecule has 2 heteroatoms. The number of hydrogen-bond acceptors (Lipinski definition) is 2. The highest BCUT2D eigenvalue weighted by atomic mass is 16.3. The van der Waals surface area contributed by atoms with Crippen LogP contribution in [0.5, 0.6) is 0 Å². The lowest BCUT2D eigenvalue weighted by Crippen LogP contribution is -2.56. The van der Waals surface area contributed by atoms with Gasteiger partial charge in [-0.3, -0.25) is 0 Å². The monoisotopic (exact) mass is 486 g/mol. The fourth-order valence-corrected chi connectivity index (χ4v) is 11.1. The number of aliphatic hydroxyl groups excluding tert-OH is 1. The quantitative estimate of drug-likeness (QED) is 0.409. The fraction of sp³-hybridized carbons (Fsp3) is 1.00. The van der Waals surface area contributed by atoms with E-state index in [1.807, 2.05) is 0 Å². The van der Waals surface area contributed by atoms with E-state index in [1.165, 1.54) is 70.6 Å². The van der Waals surface area contributed by atoms with Crippen LogP contribution in [0.15, 0.2) is 0 Å². The molecule has 2 N–H and O–H groups in total. The van der Waals surface area contributed by atoms with E-state index < -0.39 is 5.60 Å². The zero-order valence-corrected chi connectivity index (χ0v) is 24.1. The van der Waals surface area contributed by atoms with E-state index >= 15 is 0 Å². The zero-order valence-electron chi connectivity index (χ0n) is 24.1. The number of fused-ring (bicyclic) bond motifs is 5. The Morgan fingerprint density at radius 1 is 0.771 bits per heavy atom. The molecule has 0 aromatic heterocycles. The maximum atomic E-state index is 11.4. The second kappa shape index (κ2) is 9.29. The Labute approximate surface area is 217 Å². The van der Waals surface area contributed by atoms with Crippen molar-refractivity contribution in [3.63, 3.8) is 0 Å². The molecule has 0 heterocycles. The van der Waals surface area contributed by atoms with E-state index in [2.05, 4.69) is 41.5 Å². The summed E-state index contributed by atoms with van der Waals surface area (Å²) < 4.78 is 0. The molecular formula is C33H58O2. The van der Waals surface area contributed by atoms with Gasteiger partial charge in [-0.2, -0.15) is 0 Å². The van der Waals surface area contributed by atoms with Crippen molar-refractivity contribution < 1.29 is 10.2 Å². The van der Waals surface area contributed by atoms with Crippen LogP contribution >= 0.6 is 0 Å². The SMILES string of the molecule is CC[C@]1(O)CC[C@@]2(C)[C@@H](CC[C@H]3[C@@H]4CC[C@H]([C@H](C)[C@H](O)CC5CCC(C)(C)CC5)C4(C)CC[C@@H]32)C1. The first-order valence-electron chi connectivity index (χ1n) is 15.8. The van der Waals surface area contributed by atoms with Crippen molar-refractivity contribution in [3.05, 3.63) is 0 Å². The van der Waals surface area contributed by atoms with E-state index in [0.717, 1.165) is 55.3 Å². The van der Waals surface area contributed by atoms with Crippen LogP contribution in [0.4, 0.5) is 0 Å². The molecule has 5 rings (SSSR count). The third-order valence-electron chi connectivity index (χ3n) is 13.8. The lowest BCUT2D eigenvalue weighted by atomic mass is 9.43. The summed E-state index contributed by atoms with van der Waals surface area (Å²) in [4.78, 5) is 0. The third kappa shape index (κ3) is 4.57. The molecule has 35 heavy (non-hydrogen) atoms. The molecule has 0 aromatic rings. The summed E-state index contributed by atoms with van der Waals surface area (Å²) in [5, 5.41) is 22.5. The van der Waals surface area contributed by atoms with Crippen LogP contribution < -0.4 is 0 Å². The van der Waals surface area contributed by atoms with Crippen molar-refractivity contribution in [1.82, 2.24) is 0 Å². The summed E-state index contributed by atoms with van der Waals surface area (Å²) >= 11 is 0. The van der Waals surface area contributed by atoms with Crippen LogP contribution in [0, 0.1) is 57.7 Å². The van der Waals surface area contributed by atoms with Crippen LogP contribution in [-0.2, 0) is 0 Å². The molecule has 0 aromatic carbocycles. The minimum Gasteiger partial charge on any atom is -0.393 e. The van der Waals surface area contributed by atoms with Crippen LogP contribution in [0.25, 0.3) is 0 Å². The van der Waals surface area contributed by atoms with Gasteiger partial charge in [-0.15, -0.1) is 0 Å². The van der Waals surface area contributed by atoms with Gasteiger partial charge in [-0.25, -0.2) is 0 Å². The fourth-order valence-electron chi connectivity index (χ4n) is 11.1. The minimum absolute atomic E-state index is 0.113. The van der Waals surface area contributed by atoms with Gasteiger partial charge in [0.2, 0.25) is 0 Å². The van der Waals surface area contributed by atoms with Gasteiger partial charge < -0.3 is 10.2 Å². The molecular weight excluding hydrogens is 428 g/mol. The summed E-state index contributed by atoms with van der Waals surface area (Å²) in [6.45, 7) is 14.7. The summed E-state index contributed by atoms with van der Waals surface area (Å²) in [7, 11) is 0. The molecule has 202 valence electrons. The van der Waals surface area contributed by atoms with E-state index in [9.17, 15) is 10.2 Å². The second-order valence-electron chi connectivity index (χ2n) is 15.9. The molecule has 0 aliphatic heterocycles. The third-order valence-corrected chi connectivity index (χ3v) is 13.8. The van der Waals surface area contributed by atoms with Crippen LogP contribution in [0.2, 0.25) is 0 Å². The molecule has 0 radical (unpaired) electrons. The first kappa shape index (κ1) is 26.5. The van der Waals surface area contributed by atoms with E-state index in [1.54, 1.807) is 0 Å². The van der Waals surface area contributed by atoms with E-state index in [4.69, 9.17) is 0 Å². The van der Waals surface area contributed by atoms with Gasteiger partial charge in [0.05, 0.1) is 11.7 Å². The summed E-state index contributed by atoms with van der Waals surface area (Å²) in [6.07, 6.45) is 18.7. The van der Waals surface area contributed by atoms with Gasteiger partial charge in [0.1, 0.15) is 0 Å². The molecule has 1 unspecified atom stereocenters. The van der Waals surface area contributed by atoms with E-state index in [0.29, 0.717) is 28.1 Å². The number of rotatable bonds is 5. The average Bonchev–Trinajstić information content (AvgIpc) is 3.17. The molecule has 10 atom stereocenters. The maximum Gasteiger partial charge on any atom is 0.0648 e. The molecule has 0 spiro atoms. The first-order valence-corrected chi connectivity index (χ1v) is 15.8. The highest BCUT2D eigenvalue weighted by Gasteiger charge is 2.61. The Hall–Kier alpha value is -0.0800. The summed E-state index contributed by atoms with van der Waals surface area (Å²) in [5.74, 6) is 5.22. The highest BCUT2D eigenvalue weighted by Crippen LogP contribution is 2.69. The van der Waals surface area contributed by atoms with Crippen LogP contribution in [-0.4, -0.2) is 21.9 Å².